The molecular formula is C14H17N3S. The van der Waals surface area contributed by atoms with Crippen LogP contribution in [-0.4, -0.2) is 15.7 Å². The molecule has 94 valence electrons. The number of hydrogen-bond donors (Lipinski definition) is 1. The summed E-state index contributed by atoms with van der Waals surface area (Å²) in [6.45, 7) is 1.98. The van der Waals surface area contributed by atoms with Crippen molar-refractivity contribution in [2.75, 3.05) is 11.5 Å². The maximum Gasteiger partial charge on any atom is 0.187 e. The Hall–Kier alpha value is -1.55. The third-order valence-electron chi connectivity index (χ3n) is 2.56. The quantitative estimate of drug-likeness (QED) is 0.388. The molecule has 2 N–H and O–H groups in total. The molecule has 0 saturated carbocycles. The van der Waals surface area contributed by atoms with E-state index in [0.29, 0.717) is 0 Å². The van der Waals surface area contributed by atoms with Crippen molar-refractivity contribution in [1.29, 1.82) is 0 Å². The van der Waals surface area contributed by atoms with Crippen LogP contribution in [0.3, 0.4) is 0 Å². The molecule has 0 unspecified atom stereocenters. The second-order valence-corrected chi connectivity index (χ2v) is 5.24. The third-order valence-corrected chi connectivity index (χ3v) is 3.51. The molecule has 1 aromatic heterocycles. The van der Waals surface area contributed by atoms with E-state index >= 15 is 0 Å². The van der Waals surface area contributed by atoms with Gasteiger partial charge in [0.05, 0.1) is 0 Å². The van der Waals surface area contributed by atoms with Crippen molar-refractivity contribution in [3.05, 3.63) is 47.8 Å². The first-order valence-electron chi connectivity index (χ1n) is 6.01. The van der Waals surface area contributed by atoms with Gasteiger partial charge in [-0.2, -0.15) is 0 Å². The van der Waals surface area contributed by atoms with Crippen molar-refractivity contribution >= 4 is 17.4 Å². The summed E-state index contributed by atoms with van der Waals surface area (Å²) in [5.74, 6) is 1.03. The van der Waals surface area contributed by atoms with Crippen LogP contribution in [0.25, 0.3) is 0 Å². The Balaban J connectivity index is 1.76. The molecule has 0 spiro atoms. The van der Waals surface area contributed by atoms with Crippen molar-refractivity contribution in [1.82, 2.24) is 9.97 Å². The molecule has 0 amide bonds. The lowest BCUT2D eigenvalue weighted by molar-refractivity contribution is 0.907. The van der Waals surface area contributed by atoms with E-state index in [1.807, 2.05) is 37.4 Å². The average Bonchev–Trinajstić information content (AvgIpc) is 2.35. The van der Waals surface area contributed by atoms with Crippen LogP contribution in [0.15, 0.2) is 41.7 Å². The molecule has 1 aromatic carbocycles. The SMILES string of the molecule is Cc1ccnc(SCCCc2cccc(N)c2)n1. The van der Waals surface area contributed by atoms with Gasteiger partial charge in [-0.3, -0.25) is 0 Å². The van der Waals surface area contributed by atoms with Crippen LogP contribution in [0.2, 0.25) is 0 Å². The Bertz CT molecular complexity index is 466. The van der Waals surface area contributed by atoms with Crippen LogP contribution in [0, 0.1) is 6.92 Å². The van der Waals surface area contributed by atoms with Gasteiger partial charge in [0.1, 0.15) is 0 Å². The third kappa shape index (κ3) is 4.04. The molecule has 0 aliphatic carbocycles. The fraction of sp³-hybridized carbons (Fsp3) is 0.286. The fourth-order valence-electron chi connectivity index (χ4n) is 1.68. The molecule has 2 aromatic rings. The van der Waals surface area contributed by atoms with E-state index in [-0.39, 0.29) is 0 Å². The topological polar surface area (TPSA) is 51.8 Å². The number of nitrogens with zero attached hydrogens (tertiary/aromatic N) is 2. The maximum absolute atomic E-state index is 5.75. The summed E-state index contributed by atoms with van der Waals surface area (Å²) in [4.78, 5) is 8.59. The summed E-state index contributed by atoms with van der Waals surface area (Å²) in [6, 6.07) is 9.98. The molecule has 4 heteroatoms. The van der Waals surface area contributed by atoms with Crippen LogP contribution in [-0.2, 0) is 6.42 Å². The Morgan fingerprint density at radius 1 is 1.28 bits per heavy atom. The van der Waals surface area contributed by atoms with Crippen molar-refractivity contribution in [3.63, 3.8) is 0 Å². The molecule has 0 fully saturated rings. The first-order chi connectivity index (χ1) is 8.74. The van der Waals surface area contributed by atoms with Gasteiger partial charge in [-0.15, -0.1) is 0 Å². The van der Waals surface area contributed by atoms with Gasteiger partial charge in [0.2, 0.25) is 0 Å². The van der Waals surface area contributed by atoms with Crippen molar-refractivity contribution in [2.45, 2.75) is 24.9 Å². The summed E-state index contributed by atoms with van der Waals surface area (Å²) in [7, 11) is 0. The monoisotopic (exact) mass is 259 g/mol. The van der Waals surface area contributed by atoms with E-state index in [0.717, 1.165) is 35.1 Å². The highest BCUT2D eigenvalue weighted by Crippen LogP contribution is 2.16. The molecule has 0 aliphatic rings. The first-order valence-corrected chi connectivity index (χ1v) is 6.99. The van der Waals surface area contributed by atoms with Crippen LogP contribution < -0.4 is 5.73 Å². The highest BCUT2D eigenvalue weighted by molar-refractivity contribution is 7.99. The minimum absolute atomic E-state index is 0.835. The molecule has 0 radical (unpaired) electrons. The molecule has 18 heavy (non-hydrogen) atoms. The van der Waals surface area contributed by atoms with Gasteiger partial charge in [0, 0.05) is 23.3 Å². The number of aryl methyl sites for hydroxylation is 2. The van der Waals surface area contributed by atoms with Crippen molar-refractivity contribution in [3.8, 4) is 0 Å². The van der Waals surface area contributed by atoms with Gasteiger partial charge in [-0.05, 0) is 43.5 Å². The second kappa shape index (κ2) is 6.40. The highest BCUT2D eigenvalue weighted by atomic mass is 32.2. The Labute approximate surface area is 112 Å². The van der Waals surface area contributed by atoms with Crippen LogP contribution in [0.4, 0.5) is 5.69 Å². The van der Waals surface area contributed by atoms with Crippen LogP contribution in [0.5, 0.6) is 0 Å². The van der Waals surface area contributed by atoms with Gasteiger partial charge in [-0.1, -0.05) is 23.9 Å². The molecule has 0 bridgehead atoms. The summed E-state index contributed by atoms with van der Waals surface area (Å²) in [5.41, 5.74) is 8.89. The van der Waals surface area contributed by atoms with E-state index in [2.05, 4.69) is 16.0 Å². The molecule has 0 atom stereocenters. The van der Waals surface area contributed by atoms with Gasteiger partial charge < -0.3 is 5.73 Å². The van der Waals surface area contributed by atoms with E-state index < -0.39 is 0 Å². The largest absolute Gasteiger partial charge is 0.399 e. The number of nitrogen functional groups attached to an aromatic ring is 1. The zero-order chi connectivity index (χ0) is 12.8. The predicted molar refractivity (Wildman–Crippen MR) is 76.7 cm³/mol. The minimum Gasteiger partial charge on any atom is -0.399 e. The zero-order valence-electron chi connectivity index (χ0n) is 10.5. The standard InChI is InChI=1S/C14H17N3S/c1-11-7-8-16-14(17-11)18-9-3-5-12-4-2-6-13(15)10-12/h2,4,6-8,10H,3,5,9,15H2,1H3. The lowest BCUT2D eigenvalue weighted by Gasteiger charge is -2.03. The lowest BCUT2D eigenvalue weighted by Crippen LogP contribution is -1.93. The number of nitrogens with two attached hydrogens (primary N) is 1. The Morgan fingerprint density at radius 3 is 2.94 bits per heavy atom. The van der Waals surface area contributed by atoms with Gasteiger partial charge in [0.15, 0.2) is 5.16 Å². The van der Waals surface area contributed by atoms with E-state index in [1.165, 1.54) is 5.56 Å². The molecule has 0 aliphatic heterocycles. The normalized spacial score (nSPS) is 10.5. The number of hydrogen-bond acceptors (Lipinski definition) is 4. The summed E-state index contributed by atoms with van der Waals surface area (Å²) in [6.07, 6.45) is 3.96. The number of benzene rings is 1. The Morgan fingerprint density at radius 2 is 2.17 bits per heavy atom. The van der Waals surface area contributed by atoms with Gasteiger partial charge >= 0.3 is 0 Å². The number of aromatic nitrogens is 2. The summed E-state index contributed by atoms with van der Waals surface area (Å²) in [5, 5.41) is 0.863. The summed E-state index contributed by atoms with van der Waals surface area (Å²) >= 11 is 1.70. The molecule has 3 nitrogen and oxygen atoms in total. The second-order valence-electron chi connectivity index (χ2n) is 4.18. The van der Waals surface area contributed by atoms with Crippen molar-refractivity contribution in [2.24, 2.45) is 0 Å². The molecule has 0 saturated heterocycles. The number of thioether (sulfide) groups is 1. The maximum atomic E-state index is 5.75. The van der Waals surface area contributed by atoms with Crippen LogP contribution >= 0.6 is 11.8 Å². The fourth-order valence-corrected chi connectivity index (χ4v) is 2.50. The first kappa shape index (κ1) is 12.9. The van der Waals surface area contributed by atoms with Crippen molar-refractivity contribution < 1.29 is 0 Å². The molecular weight excluding hydrogens is 242 g/mol. The van der Waals surface area contributed by atoms with E-state index in [9.17, 15) is 0 Å². The van der Waals surface area contributed by atoms with E-state index in [1.54, 1.807) is 11.8 Å². The molecule has 1 heterocycles. The number of anilines is 1. The van der Waals surface area contributed by atoms with Gasteiger partial charge in [0.25, 0.3) is 0 Å². The van der Waals surface area contributed by atoms with Crippen LogP contribution in [0.1, 0.15) is 17.7 Å². The molecule has 2 rings (SSSR count). The zero-order valence-corrected chi connectivity index (χ0v) is 11.3. The number of rotatable bonds is 5. The van der Waals surface area contributed by atoms with E-state index in [4.69, 9.17) is 5.73 Å². The summed E-state index contributed by atoms with van der Waals surface area (Å²) < 4.78 is 0. The lowest BCUT2D eigenvalue weighted by atomic mass is 10.1. The minimum atomic E-state index is 0.835. The average molecular weight is 259 g/mol. The smallest absolute Gasteiger partial charge is 0.187 e. The highest BCUT2D eigenvalue weighted by Gasteiger charge is 1.99. The Kier molecular flexibility index (Phi) is 4.59. The van der Waals surface area contributed by atoms with Gasteiger partial charge in [-0.25, -0.2) is 9.97 Å². The predicted octanol–water partition coefficient (Wildman–Crippen LogP) is 3.09.